The van der Waals surface area contributed by atoms with E-state index in [1.165, 1.54) is 23.9 Å². The van der Waals surface area contributed by atoms with Crippen LogP contribution in [0.25, 0.3) is 11.1 Å². The molecule has 0 spiro atoms. The number of nitro groups is 1. The van der Waals surface area contributed by atoms with Crippen LogP contribution in [0.5, 0.6) is 0 Å². The van der Waals surface area contributed by atoms with Crippen molar-refractivity contribution in [3.8, 4) is 0 Å². The van der Waals surface area contributed by atoms with E-state index in [4.69, 9.17) is 16.0 Å². The van der Waals surface area contributed by atoms with Gasteiger partial charge in [-0.25, -0.2) is 4.98 Å². The van der Waals surface area contributed by atoms with Gasteiger partial charge >= 0.3 is 0 Å². The third kappa shape index (κ3) is 5.37. The van der Waals surface area contributed by atoms with Gasteiger partial charge in [0.1, 0.15) is 5.52 Å². The summed E-state index contributed by atoms with van der Waals surface area (Å²) in [6.45, 7) is 1.06. The predicted octanol–water partition coefficient (Wildman–Crippen LogP) is 4.10. The third-order valence-electron chi connectivity index (χ3n) is 3.76. The molecule has 2 N–H and O–H groups in total. The van der Waals surface area contributed by atoms with E-state index in [9.17, 15) is 14.9 Å². The predicted molar refractivity (Wildman–Crippen MR) is 109 cm³/mol. The van der Waals surface area contributed by atoms with Crippen LogP contribution in [-0.4, -0.2) is 34.7 Å². The number of rotatable bonds is 9. The summed E-state index contributed by atoms with van der Waals surface area (Å²) in [5, 5.41) is 17.4. The van der Waals surface area contributed by atoms with Gasteiger partial charge in [-0.2, -0.15) is 0 Å². The summed E-state index contributed by atoms with van der Waals surface area (Å²) in [6, 6.07) is 11.7. The van der Waals surface area contributed by atoms with Gasteiger partial charge in [0.25, 0.3) is 10.9 Å². The molecule has 1 amide bonds. The smallest absolute Gasteiger partial charge is 0.271 e. The van der Waals surface area contributed by atoms with Crippen molar-refractivity contribution >= 4 is 51.7 Å². The molecule has 10 heteroatoms. The van der Waals surface area contributed by atoms with Crippen molar-refractivity contribution in [3.63, 3.8) is 0 Å². The monoisotopic (exact) mass is 420 g/mol. The van der Waals surface area contributed by atoms with Gasteiger partial charge in [-0.05, 0) is 24.6 Å². The first-order chi connectivity index (χ1) is 13.5. The van der Waals surface area contributed by atoms with Crippen LogP contribution in [0.3, 0.4) is 0 Å². The van der Waals surface area contributed by atoms with Crippen LogP contribution < -0.4 is 10.6 Å². The van der Waals surface area contributed by atoms with E-state index < -0.39 is 4.92 Å². The Morgan fingerprint density at radius 2 is 2.07 bits per heavy atom. The van der Waals surface area contributed by atoms with Crippen molar-refractivity contribution < 1.29 is 14.1 Å². The fraction of sp³-hybridized carbons (Fsp3) is 0.222. The molecule has 0 aliphatic rings. The largest absolute Gasteiger partial charge is 0.431 e. The second-order valence-electron chi connectivity index (χ2n) is 5.79. The average Bonchev–Trinajstić information content (AvgIpc) is 3.10. The average molecular weight is 421 g/mol. The molecule has 0 saturated carbocycles. The van der Waals surface area contributed by atoms with Crippen molar-refractivity contribution in [2.75, 3.05) is 24.2 Å². The molecule has 0 aliphatic carbocycles. The first-order valence-electron chi connectivity index (χ1n) is 8.46. The van der Waals surface area contributed by atoms with E-state index in [1.54, 1.807) is 6.07 Å². The van der Waals surface area contributed by atoms with Gasteiger partial charge < -0.3 is 15.1 Å². The van der Waals surface area contributed by atoms with Gasteiger partial charge in [-0.1, -0.05) is 35.5 Å². The van der Waals surface area contributed by atoms with E-state index in [1.807, 2.05) is 24.3 Å². The number of nitro benzene ring substituents is 1. The van der Waals surface area contributed by atoms with E-state index in [0.29, 0.717) is 36.0 Å². The zero-order chi connectivity index (χ0) is 19.9. The quantitative estimate of drug-likeness (QED) is 0.232. The molecule has 0 saturated heterocycles. The molecule has 0 atom stereocenters. The van der Waals surface area contributed by atoms with Crippen molar-refractivity contribution in [2.45, 2.75) is 11.6 Å². The summed E-state index contributed by atoms with van der Waals surface area (Å²) in [5.41, 5.74) is 2.02. The molecule has 8 nitrogen and oxygen atoms in total. The maximum absolute atomic E-state index is 11.9. The lowest BCUT2D eigenvalue weighted by molar-refractivity contribution is -0.384. The van der Waals surface area contributed by atoms with Crippen LogP contribution in [0, 0.1) is 10.1 Å². The number of anilines is 1. The Hall–Kier alpha value is -2.78. The number of hydrogen-bond donors (Lipinski definition) is 2. The number of nitrogens with one attached hydrogen (secondary N) is 2. The number of carbonyl (C=O) groups is 1. The number of carbonyl (C=O) groups excluding carboxylic acids is 1. The normalized spacial score (nSPS) is 10.8. The molecular formula is C18H17ClN4O4S. The van der Waals surface area contributed by atoms with Crippen LogP contribution in [0.1, 0.15) is 6.42 Å². The van der Waals surface area contributed by atoms with Gasteiger partial charge in [-0.15, -0.1) is 0 Å². The molecule has 28 heavy (non-hydrogen) atoms. The van der Waals surface area contributed by atoms with Gasteiger partial charge in [0.2, 0.25) is 5.91 Å². The number of halogens is 1. The molecule has 1 heterocycles. The first kappa shape index (κ1) is 20.0. The van der Waals surface area contributed by atoms with Gasteiger partial charge in [-0.3, -0.25) is 14.9 Å². The number of nitrogens with zero attached hydrogens (tertiary/aromatic N) is 2. The maximum atomic E-state index is 11.9. The molecule has 1 aromatic heterocycles. The zero-order valence-electron chi connectivity index (χ0n) is 14.7. The minimum Gasteiger partial charge on any atom is -0.431 e. The molecule has 0 unspecified atom stereocenters. The van der Waals surface area contributed by atoms with Crippen molar-refractivity contribution in [2.24, 2.45) is 0 Å². The first-order valence-corrected chi connectivity index (χ1v) is 9.82. The number of hydrogen-bond acceptors (Lipinski definition) is 7. The van der Waals surface area contributed by atoms with Gasteiger partial charge in [0, 0.05) is 25.2 Å². The Morgan fingerprint density at radius 3 is 2.82 bits per heavy atom. The van der Waals surface area contributed by atoms with Crippen molar-refractivity contribution in [1.29, 1.82) is 0 Å². The highest BCUT2D eigenvalue weighted by Gasteiger charge is 2.10. The topological polar surface area (TPSA) is 110 Å². The maximum Gasteiger partial charge on any atom is 0.271 e. The van der Waals surface area contributed by atoms with Crippen molar-refractivity contribution in [1.82, 2.24) is 10.3 Å². The number of amides is 1. The standard InChI is InChI=1S/C18H17ClN4O4S/c19-13-10-12(23(25)26)6-7-14(13)20-8-3-9-21-17(24)11-28-18-22-15-4-1-2-5-16(15)27-18/h1-2,4-7,10,20H,3,8-9,11H2,(H,21,24). The summed E-state index contributed by atoms with van der Waals surface area (Å²) in [7, 11) is 0. The number of oxazole rings is 1. The fourth-order valence-corrected chi connectivity index (χ4v) is 3.30. The Morgan fingerprint density at radius 1 is 1.25 bits per heavy atom. The Labute approximate surface area is 169 Å². The van der Waals surface area contributed by atoms with Crippen LogP contribution in [-0.2, 0) is 4.79 Å². The number of non-ortho nitro benzene ring substituents is 1. The lowest BCUT2D eigenvalue weighted by atomic mass is 10.2. The number of benzene rings is 2. The summed E-state index contributed by atoms with van der Waals surface area (Å²) in [6.07, 6.45) is 0.673. The van der Waals surface area contributed by atoms with Crippen LogP contribution in [0.15, 0.2) is 52.1 Å². The lowest BCUT2D eigenvalue weighted by Gasteiger charge is -2.08. The Kier molecular flexibility index (Phi) is 6.72. The van der Waals surface area contributed by atoms with Crippen LogP contribution in [0.4, 0.5) is 11.4 Å². The minimum atomic E-state index is -0.496. The van der Waals surface area contributed by atoms with E-state index in [0.717, 1.165) is 5.52 Å². The zero-order valence-corrected chi connectivity index (χ0v) is 16.3. The van der Waals surface area contributed by atoms with Gasteiger partial charge in [0.05, 0.1) is 21.4 Å². The van der Waals surface area contributed by atoms with Gasteiger partial charge in [0.15, 0.2) is 5.58 Å². The molecule has 0 bridgehead atoms. The van der Waals surface area contributed by atoms with E-state index >= 15 is 0 Å². The Bertz CT molecular complexity index is 962. The second kappa shape index (κ2) is 9.43. The molecule has 0 aliphatic heterocycles. The fourth-order valence-electron chi connectivity index (χ4n) is 2.39. The molecule has 0 radical (unpaired) electrons. The van der Waals surface area contributed by atoms with Crippen LogP contribution in [0.2, 0.25) is 5.02 Å². The third-order valence-corrected chi connectivity index (χ3v) is 4.90. The summed E-state index contributed by atoms with van der Waals surface area (Å²) >= 11 is 7.25. The molecule has 0 fully saturated rings. The van der Waals surface area contributed by atoms with Crippen LogP contribution >= 0.6 is 23.4 Å². The highest BCUT2D eigenvalue weighted by molar-refractivity contribution is 7.99. The summed E-state index contributed by atoms with van der Waals surface area (Å²) in [4.78, 5) is 26.4. The lowest BCUT2D eigenvalue weighted by Crippen LogP contribution is -2.27. The van der Waals surface area contributed by atoms with E-state index in [2.05, 4.69) is 15.6 Å². The number of aromatic nitrogens is 1. The molecule has 3 rings (SSSR count). The number of fused-ring (bicyclic) bond motifs is 1. The summed E-state index contributed by atoms with van der Waals surface area (Å²) in [5.74, 6) is 0.106. The molecular weight excluding hydrogens is 404 g/mol. The van der Waals surface area contributed by atoms with E-state index in [-0.39, 0.29) is 22.4 Å². The highest BCUT2D eigenvalue weighted by Crippen LogP contribution is 2.26. The number of thioether (sulfide) groups is 1. The second-order valence-corrected chi connectivity index (χ2v) is 7.12. The Balaban J connectivity index is 1.35. The number of para-hydroxylation sites is 2. The molecule has 3 aromatic rings. The summed E-state index contributed by atoms with van der Waals surface area (Å²) < 4.78 is 5.55. The highest BCUT2D eigenvalue weighted by atomic mass is 35.5. The molecule has 2 aromatic carbocycles. The minimum absolute atomic E-state index is 0.0562. The SMILES string of the molecule is O=C(CSc1nc2ccccc2o1)NCCCNc1ccc([N+](=O)[O-])cc1Cl. The van der Waals surface area contributed by atoms with Crippen molar-refractivity contribution in [3.05, 3.63) is 57.6 Å². The molecule has 146 valence electrons.